The van der Waals surface area contributed by atoms with Crippen LogP contribution in [0.15, 0.2) is 16.8 Å². The Morgan fingerprint density at radius 3 is 2.83 bits per heavy atom. The summed E-state index contributed by atoms with van der Waals surface area (Å²) in [5.74, 6) is 0.304. The molecule has 23 heavy (non-hydrogen) atoms. The number of carbonyl (C=O) groups excluding carboxylic acids is 1. The van der Waals surface area contributed by atoms with E-state index in [4.69, 9.17) is 0 Å². The van der Waals surface area contributed by atoms with Crippen LogP contribution >= 0.6 is 11.3 Å². The van der Waals surface area contributed by atoms with Gasteiger partial charge in [-0.05, 0) is 73.0 Å². The number of nitrogens with zero attached hydrogens (tertiary/aromatic N) is 2. The molecule has 2 aliphatic carbocycles. The molecule has 4 nitrogen and oxygen atoms in total. The van der Waals surface area contributed by atoms with Gasteiger partial charge in [0.15, 0.2) is 0 Å². The van der Waals surface area contributed by atoms with Crippen LogP contribution in [-0.2, 0) is 11.3 Å². The monoisotopic (exact) mass is 333 g/mol. The van der Waals surface area contributed by atoms with E-state index in [0.717, 1.165) is 19.6 Å². The average molecular weight is 334 g/mol. The highest BCUT2D eigenvalue weighted by Gasteiger charge is 2.56. The number of nitrogens with one attached hydrogen (secondary N) is 1. The topological polar surface area (TPSA) is 35.6 Å². The van der Waals surface area contributed by atoms with Crippen molar-refractivity contribution in [2.75, 3.05) is 26.7 Å². The molecule has 0 radical (unpaired) electrons. The van der Waals surface area contributed by atoms with E-state index < -0.39 is 0 Å². The zero-order chi connectivity index (χ0) is 15.9. The molecule has 4 rings (SSSR count). The maximum Gasteiger partial charge on any atom is 0.236 e. The van der Waals surface area contributed by atoms with Crippen LogP contribution in [0.4, 0.5) is 0 Å². The molecule has 1 aromatic rings. The number of amides is 1. The molecule has 1 aromatic heterocycles. The molecule has 0 aromatic carbocycles. The minimum atomic E-state index is 0.304. The molecule has 1 saturated heterocycles. The lowest BCUT2D eigenvalue weighted by atomic mass is 9.93. The average Bonchev–Trinajstić information content (AvgIpc) is 3.46. The highest BCUT2D eigenvalue weighted by Crippen LogP contribution is 2.56. The lowest BCUT2D eigenvalue weighted by Gasteiger charge is -2.30. The molecule has 1 amide bonds. The quantitative estimate of drug-likeness (QED) is 0.868. The van der Waals surface area contributed by atoms with Crippen LogP contribution in [0.3, 0.4) is 0 Å². The Kier molecular flexibility index (Phi) is 4.20. The number of hydrogen-bond donors (Lipinski definition) is 1. The first kappa shape index (κ1) is 15.6. The summed E-state index contributed by atoms with van der Waals surface area (Å²) in [6.45, 7) is 3.79. The second-order valence-electron chi connectivity index (χ2n) is 7.60. The predicted molar refractivity (Wildman–Crippen MR) is 93.5 cm³/mol. The fourth-order valence-corrected chi connectivity index (χ4v) is 4.81. The SMILES string of the molecule is CN(C(=O)CN(Cc1ccsc1)[C@H]1CC12CCNCC2)C1CC1. The Morgan fingerprint density at radius 1 is 1.39 bits per heavy atom. The van der Waals surface area contributed by atoms with Crippen molar-refractivity contribution in [3.8, 4) is 0 Å². The fraction of sp³-hybridized carbons (Fsp3) is 0.722. The van der Waals surface area contributed by atoms with Gasteiger partial charge in [-0.3, -0.25) is 9.69 Å². The van der Waals surface area contributed by atoms with Gasteiger partial charge < -0.3 is 10.2 Å². The Bertz CT molecular complexity index is 549. The van der Waals surface area contributed by atoms with E-state index in [9.17, 15) is 4.79 Å². The van der Waals surface area contributed by atoms with E-state index in [0.29, 0.717) is 30.0 Å². The Labute approximate surface area is 142 Å². The van der Waals surface area contributed by atoms with Crippen molar-refractivity contribution in [3.63, 3.8) is 0 Å². The van der Waals surface area contributed by atoms with Crippen LogP contribution in [0.2, 0.25) is 0 Å². The largest absolute Gasteiger partial charge is 0.342 e. The smallest absolute Gasteiger partial charge is 0.236 e. The zero-order valence-electron chi connectivity index (χ0n) is 14.0. The van der Waals surface area contributed by atoms with Gasteiger partial charge in [0, 0.05) is 25.7 Å². The van der Waals surface area contributed by atoms with Gasteiger partial charge in [0.1, 0.15) is 0 Å². The van der Waals surface area contributed by atoms with Crippen molar-refractivity contribution < 1.29 is 4.79 Å². The van der Waals surface area contributed by atoms with E-state index in [1.54, 1.807) is 11.3 Å². The molecular weight excluding hydrogens is 306 g/mol. The summed E-state index contributed by atoms with van der Waals surface area (Å²) in [5.41, 5.74) is 1.84. The minimum Gasteiger partial charge on any atom is -0.342 e. The van der Waals surface area contributed by atoms with Gasteiger partial charge in [-0.25, -0.2) is 0 Å². The van der Waals surface area contributed by atoms with Crippen LogP contribution in [0.5, 0.6) is 0 Å². The second-order valence-corrected chi connectivity index (χ2v) is 8.38. The van der Waals surface area contributed by atoms with E-state index in [2.05, 4.69) is 27.0 Å². The standard InChI is InChI=1S/C18H27N3OS/c1-20(15-2-3-15)17(22)12-21(11-14-4-9-23-13-14)16-10-18(16)5-7-19-8-6-18/h4,9,13,15-16,19H,2-3,5-8,10-12H2,1H3/t16-/m0/s1. The number of thiophene rings is 1. The van der Waals surface area contributed by atoms with Crippen molar-refractivity contribution in [1.29, 1.82) is 0 Å². The molecule has 126 valence electrons. The summed E-state index contributed by atoms with van der Waals surface area (Å²) in [4.78, 5) is 17.1. The van der Waals surface area contributed by atoms with Crippen molar-refractivity contribution in [3.05, 3.63) is 22.4 Å². The first-order chi connectivity index (χ1) is 11.2. The van der Waals surface area contributed by atoms with Gasteiger partial charge in [-0.2, -0.15) is 11.3 Å². The Morgan fingerprint density at radius 2 is 2.17 bits per heavy atom. The normalized spacial score (nSPS) is 25.7. The van der Waals surface area contributed by atoms with Crippen LogP contribution in [0.25, 0.3) is 0 Å². The van der Waals surface area contributed by atoms with Crippen molar-refractivity contribution in [2.45, 2.75) is 50.7 Å². The Balaban J connectivity index is 1.44. The summed E-state index contributed by atoms with van der Waals surface area (Å²) in [7, 11) is 1.98. The molecule has 2 heterocycles. The summed E-state index contributed by atoms with van der Waals surface area (Å²) >= 11 is 1.75. The number of hydrogen-bond acceptors (Lipinski definition) is 4. The number of carbonyl (C=O) groups is 1. The third kappa shape index (κ3) is 3.32. The molecule has 1 spiro atoms. The van der Waals surface area contributed by atoms with Crippen LogP contribution in [0, 0.1) is 5.41 Å². The van der Waals surface area contributed by atoms with Gasteiger partial charge in [-0.1, -0.05) is 0 Å². The summed E-state index contributed by atoms with van der Waals surface area (Å²) < 4.78 is 0. The zero-order valence-corrected chi connectivity index (χ0v) is 14.8. The highest BCUT2D eigenvalue weighted by molar-refractivity contribution is 7.07. The molecule has 3 fully saturated rings. The second kappa shape index (κ2) is 6.19. The number of rotatable bonds is 6. The molecule has 5 heteroatoms. The maximum atomic E-state index is 12.6. The van der Waals surface area contributed by atoms with E-state index in [-0.39, 0.29) is 0 Å². The van der Waals surface area contributed by atoms with Crippen LogP contribution in [-0.4, -0.2) is 54.5 Å². The summed E-state index contributed by atoms with van der Waals surface area (Å²) in [6.07, 6.45) is 6.19. The van der Waals surface area contributed by atoms with Crippen LogP contribution in [0.1, 0.15) is 37.7 Å². The highest BCUT2D eigenvalue weighted by atomic mass is 32.1. The van der Waals surface area contributed by atoms with E-state index in [1.807, 2.05) is 11.9 Å². The molecule has 2 saturated carbocycles. The number of piperidine rings is 1. The van der Waals surface area contributed by atoms with Gasteiger partial charge >= 0.3 is 0 Å². The van der Waals surface area contributed by atoms with Crippen molar-refractivity contribution in [1.82, 2.24) is 15.1 Å². The first-order valence-electron chi connectivity index (χ1n) is 8.89. The molecule has 1 N–H and O–H groups in total. The van der Waals surface area contributed by atoms with Gasteiger partial charge in [0.25, 0.3) is 0 Å². The van der Waals surface area contributed by atoms with Gasteiger partial charge in [-0.15, -0.1) is 0 Å². The lowest BCUT2D eigenvalue weighted by Crippen LogP contribution is -2.42. The molecule has 1 atom stereocenters. The summed E-state index contributed by atoms with van der Waals surface area (Å²) in [6, 6.07) is 3.31. The first-order valence-corrected chi connectivity index (χ1v) is 9.84. The maximum absolute atomic E-state index is 12.6. The molecular formula is C18H27N3OS. The van der Waals surface area contributed by atoms with Gasteiger partial charge in [0.2, 0.25) is 5.91 Å². The number of likely N-dealkylation sites (N-methyl/N-ethyl adjacent to an activating group) is 1. The lowest BCUT2D eigenvalue weighted by molar-refractivity contribution is -0.132. The van der Waals surface area contributed by atoms with Crippen LogP contribution < -0.4 is 5.32 Å². The molecule has 1 aliphatic heterocycles. The van der Waals surface area contributed by atoms with Crippen molar-refractivity contribution >= 4 is 17.2 Å². The van der Waals surface area contributed by atoms with E-state index >= 15 is 0 Å². The molecule has 0 bridgehead atoms. The predicted octanol–water partition coefficient (Wildman–Crippen LogP) is 2.31. The van der Waals surface area contributed by atoms with E-state index in [1.165, 1.54) is 37.7 Å². The fourth-order valence-electron chi connectivity index (χ4n) is 4.15. The van der Waals surface area contributed by atoms with Crippen molar-refractivity contribution in [2.24, 2.45) is 5.41 Å². The molecule has 0 unspecified atom stereocenters. The third-order valence-corrected chi connectivity index (χ3v) is 6.71. The Hall–Kier alpha value is -0.910. The minimum absolute atomic E-state index is 0.304. The molecule has 3 aliphatic rings. The third-order valence-electron chi connectivity index (χ3n) is 5.98. The summed E-state index contributed by atoms with van der Waals surface area (Å²) in [5, 5.41) is 7.84. The van der Waals surface area contributed by atoms with Gasteiger partial charge in [0.05, 0.1) is 6.54 Å².